The first-order valence-corrected chi connectivity index (χ1v) is 11.0. The van der Waals surface area contributed by atoms with Gasteiger partial charge in [-0.1, -0.05) is 64.1 Å². The first kappa shape index (κ1) is 27.3. The highest BCUT2D eigenvalue weighted by Crippen LogP contribution is 2.40. The van der Waals surface area contributed by atoms with Gasteiger partial charge in [-0.05, 0) is 30.7 Å². The molecule has 172 valence electrons. The SMILES string of the molecule is C=CCC1(C(C)C)C(=O)N(CC[NH2+]C(CC)CC)C(=O)N(Cc2ccccc2)C1=O.[I-]. The zero-order valence-corrected chi connectivity index (χ0v) is 21.3. The summed E-state index contributed by atoms with van der Waals surface area (Å²) in [5.41, 5.74) is -0.437. The Bertz CT molecular complexity index is 765. The number of nitrogens with two attached hydrogens (primary N) is 1. The van der Waals surface area contributed by atoms with E-state index in [1.165, 1.54) is 9.80 Å². The topological polar surface area (TPSA) is 74.3 Å². The molecule has 1 aliphatic heterocycles. The van der Waals surface area contributed by atoms with Crippen molar-refractivity contribution in [3.8, 4) is 0 Å². The van der Waals surface area contributed by atoms with Gasteiger partial charge in [0.1, 0.15) is 5.41 Å². The molecule has 0 radical (unpaired) electrons. The van der Waals surface area contributed by atoms with Gasteiger partial charge in [0.25, 0.3) is 0 Å². The van der Waals surface area contributed by atoms with Crippen LogP contribution in [-0.4, -0.2) is 46.8 Å². The molecular formula is C24H36IN3O3. The fourth-order valence-electron chi connectivity index (χ4n) is 4.19. The normalized spacial score (nSPS) is 19.2. The highest BCUT2D eigenvalue weighted by molar-refractivity contribution is 6.19. The third kappa shape index (κ3) is 5.74. The minimum absolute atomic E-state index is 0. The molecule has 31 heavy (non-hydrogen) atoms. The minimum Gasteiger partial charge on any atom is -1.00 e. The van der Waals surface area contributed by atoms with Crippen molar-refractivity contribution >= 4 is 17.8 Å². The molecule has 1 aromatic carbocycles. The van der Waals surface area contributed by atoms with Crippen LogP contribution in [0.2, 0.25) is 0 Å². The number of carbonyl (C=O) groups is 3. The Morgan fingerprint density at radius 2 is 1.61 bits per heavy atom. The van der Waals surface area contributed by atoms with Gasteiger partial charge in [0, 0.05) is 0 Å². The molecule has 1 atom stereocenters. The van der Waals surface area contributed by atoms with Crippen molar-refractivity contribution in [3.05, 3.63) is 48.6 Å². The molecule has 1 saturated heterocycles. The van der Waals surface area contributed by atoms with Crippen molar-refractivity contribution in [2.45, 2.75) is 59.5 Å². The van der Waals surface area contributed by atoms with Gasteiger partial charge in [-0.15, -0.1) is 6.58 Å². The number of barbiturate groups is 1. The lowest BCUT2D eigenvalue weighted by molar-refractivity contribution is -0.689. The standard InChI is InChI=1S/C24H35N3O3.HI/c1-6-14-24(18(4)5)21(28)26(16-15-25-20(7-2)8-3)23(30)27(22(24)29)17-19-12-10-9-11-13-19;/h6,9-13,18,20,25H,1,7-8,14-17H2,2-5H3;1H. The summed E-state index contributed by atoms with van der Waals surface area (Å²) in [5.74, 6) is -1.07. The summed E-state index contributed by atoms with van der Waals surface area (Å²) >= 11 is 0. The van der Waals surface area contributed by atoms with Gasteiger partial charge in [0.05, 0.1) is 25.7 Å². The maximum atomic E-state index is 13.5. The zero-order chi connectivity index (χ0) is 22.3. The highest BCUT2D eigenvalue weighted by Gasteiger charge is 2.58. The van der Waals surface area contributed by atoms with E-state index in [1.54, 1.807) is 6.08 Å². The molecular weight excluding hydrogens is 505 g/mol. The van der Waals surface area contributed by atoms with Gasteiger partial charge in [0.2, 0.25) is 11.8 Å². The van der Waals surface area contributed by atoms with E-state index < -0.39 is 23.3 Å². The number of amides is 4. The quantitative estimate of drug-likeness (QED) is 0.243. The highest BCUT2D eigenvalue weighted by atomic mass is 127. The summed E-state index contributed by atoms with van der Waals surface area (Å²) in [6.45, 7) is 12.9. The fraction of sp³-hybridized carbons (Fsp3) is 0.542. The van der Waals surface area contributed by atoms with Crippen molar-refractivity contribution < 1.29 is 43.7 Å². The minimum atomic E-state index is -1.29. The Kier molecular flexibility index (Phi) is 10.9. The predicted octanol–water partition coefficient (Wildman–Crippen LogP) is -0.0481. The number of hydrogen-bond acceptors (Lipinski definition) is 3. The molecule has 6 nitrogen and oxygen atoms in total. The van der Waals surface area contributed by atoms with E-state index >= 15 is 0 Å². The van der Waals surface area contributed by atoms with Crippen LogP contribution in [0.1, 0.15) is 52.5 Å². The monoisotopic (exact) mass is 541 g/mol. The smallest absolute Gasteiger partial charge is 0.333 e. The van der Waals surface area contributed by atoms with E-state index in [-0.39, 0.29) is 42.9 Å². The Morgan fingerprint density at radius 3 is 2.13 bits per heavy atom. The number of urea groups is 1. The Labute approximate surface area is 203 Å². The molecule has 2 rings (SSSR count). The summed E-state index contributed by atoms with van der Waals surface area (Å²) in [5, 5.41) is 2.18. The van der Waals surface area contributed by atoms with Crippen molar-refractivity contribution in [1.82, 2.24) is 9.80 Å². The number of nitrogens with zero attached hydrogens (tertiary/aromatic N) is 2. The molecule has 1 fully saturated rings. The lowest BCUT2D eigenvalue weighted by atomic mass is 9.70. The molecule has 1 unspecified atom stereocenters. The Morgan fingerprint density at radius 1 is 1.03 bits per heavy atom. The van der Waals surface area contributed by atoms with Crippen LogP contribution in [0.25, 0.3) is 0 Å². The van der Waals surface area contributed by atoms with Crippen LogP contribution < -0.4 is 29.3 Å². The molecule has 0 bridgehead atoms. The number of quaternary nitrogens is 1. The van der Waals surface area contributed by atoms with Crippen molar-refractivity contribution in [2.24, 2.45) is 11.3 Å². The lowest BCUT2D eigenvalue weighted by Crippen LogP contribution is -3.00. The van der Waals surface area contributed by atoms with E-state index in [4.69, 9.17) is 0 Å². The zero-order valence-electron chi connectivity index (χ0n) is 19.1. The number of benzene rings is 1. The predicted molar refractivity (Wildman–Crippen MR) is 117 cm³/mol. The van der Waals surface area contributed by atoms with E-state index in [2.05, 4.69) is 25.7 Å². The number of rotatable bonds is 11. The molecule has 0 aliphatic carbocycles. The first-order chi connectivity index (χ1) is 14.3. The number of imide groups is 2. The van der Waals surface area contributed by atoms with E-state index in [1.807, 2.05) is 44.2 Å². The maximum absolute atomic E-state index is 13.5. The van der Waals surface area contributed by atoms with Crippen LogP contribution in [-0.2, 0) is 16.1 Å². The molecule has 0 saturated carbocycles. The second-order valence-electron chi connectivity index (χ2n) is 8.34. The summed E-state index contributed by atoms with van der Waals surface area (Å²) < 4.78 is 0. The van der Waals surface area contributed by atoms with Gasteiger partial charge < -0.3 is 29.3 Å². The number of halogens is 1. The van der Waals surface area contributed by atoms with Gasteiger partial charge in [-0.3, -0.25) is 19.4 Å². The largest absolute Gasteiger partial charge is 1.00 e. The van der Waals surface area contributed by atoms with Gasteiger partial charge >= 0.3 is 6.03 Å². The summed E-state index contributed by atoms with van der Waals surface area (Å²) in [4.78, 5) is 42.8. The van der Waals surface area contributed by atoms with Crippen LogP contribution in [0.4, 0.5) is 4.79 Å². The molecule has 4 amide bonds. The van der Waals surface area contributed by atoms with E-state index in [0.717, 1.165) is 18.4 Å². The molecule has 2 N–H and O–H groups in total. The summed E-state index contributed by atoms with van der Waals surface area (Å²) in [6, 6.07) is 9.35. The van der Waals surface area contributed by atoms with Gasteiger partial charge in [-0.2, -0.15) is 0 Å². The maximum Gasteiger partial charge on any atom is 0.333 e. The molecule has 1 aliphatic rings. The van der Waals surface area contributed by atoms with Crippen molar-refractivity contribution in [3.63, 3.8) is 0 Å². The van der Waals surface area contributed by atoms with Gasteiger partial charge in [-0.25, -0.2) is 4.79 Å². The van der Waals surface area contributed by atoms with E-state index in [9.17, 15) is 14.4 Å². The Hall–Kier alpha value is -1.74. The van der Waals surface area contributed by atoms with Crippen molar-refractivity contribution in [1.29, 1.82) is 0 Å². The second-order valence-corrected chi connectivity index (χ2v) is 8.34. The molecule has 7 heteroatoms. The van der Waals surface area contributed by atoms with Crippen LogP contribution >= 0.6 is 0 Å². The van der Waals surface area contributed by atoms with Crippen molar-refractivity contribution in [2.75, 3.05) is 13.1 Å². The summed E-state index contributed by atoms with van der Waals surface area (Å²) in [6.07, 6.45) is 3.89. The average molecular weight is 541 g/mol. The van der Waals surface area contributed by atoms with E-state index in [0.29, 0.717) is 19.1 Å². The Balaban J connectivity index is 0.00000480. The first-order valence-electron chi connectivity index (χ1n) is 11.0. The fourth-order valence-corrected chi connectivity index (χ4v) is 4.19. The summed E-state index contributed by atoms with van der Waals surface area (Å²) in [7, 11) is 0. The van der Waals surface area contributed by atoms with Crippen LogP contribution in [0.3, 0.4) is 0 Å². The van der Waals surface area contributed by atoms with Gasteiger partial charge in [0.15, 0.2) is 0 Å². The molecule has 0 spiro atoms. The van der Waals surface area contributed by atoms with Crippen LogP contribution in [0.15, 0.2) is 43.0 Å². The molecule has 0 aromatic heterocycles. The number of hydrogen-bond donors (Lipinski definition) is 1. The van der Waals surface area contributed by atoms with Crippen LogP contribution in [0.5, 0.6) is 0 Å². The number of carbonyl (C=O) groups excluding carboxylic acids is 3. The second kappa shape index (κ2) is 12.3. The van der Waals surface area contributed by atoms with Crippen LogP contribution in [0, 0.1) is 11.3 Å². The number of allylic oxidation sites excluding steroid dienone is 1. The average Bonchev–Trinajstić information content (AvgIpc) is 2.74. The molecule has 1 heterocycles. The lowest BCUT2D eigenvalue weighted by Gasteiger charge is -2.45. The molecule has 1 aromatic rings. The third-order valence-corrected chi connectivity index (χ3v) is 6.25. The third-order valence-electron chi connectivity index (χ3n) is 6.25.